The van der Waals surface area contributed by atoms with Gasteiger partial charge in [-0.05, 0) is 31.3 Å². The number of para-hydroxylation sites is 4. The van der Waals surface area contributed by atoms with Crippen LogP contribution in [0.15, 0.2) is 48.5 Å². The summed E-state index contributed by atoms with van der Waals surface area (Å²) >= 11 is 0. The molecule has 0 radical (unpaired) electrons. The van der Waals surface area contributed by atoms with Crippen molar-refractivity contribution in [3.8, 4) is 17.2 Å². The van der Waals surface area contributed by atoms with E-state index in [1.165, 1.54) is 12.1 Å². The highest BCUT2D eigenvalue weighted by molar-refractivity contribution is 5.93. The minimum atomic E-state index is -2.96. The molecule has 1 N–H and O–H groups in total. The lowest BCUT2D eigenvalue weighted by Crippen LogP contribution is -2.42. The number of alkyl halides is 2. The van der Waals surface area contributed by atoms with E-state index in [9.17, 15) is 13.6 Å². The summed E-state index contributed by atoms with van der Waals surface area (Å²) in [6.07, 6.45) is -0.216. The van der Waals surface area contributed by atoms with Gasteiger partial charge in [0, 0.05) is 6.54 Å². The van der Waals surface area contributed by atoms with Crippen LogP contribution < -0.4 is 19.5 Å². The number of amides is 1. The average molecular weight is 378 g/mol. The van der Waals surface area contributed by atoms with Crippen molar-refractivity contribution in [2.75, 3.05) is 32.1 Å². The maximum atomic E-state index is 12.4. The predicted molar refractivity (Wildman–Crippen MR) is 95.6 cm³/mol. The number of nitrogens with zero attached hydrogens (tertiary/aromatic N) is 1. The lowest BCUT2D eigenvalue weighted by Gasteiger charge is -2.29. The summed E-state index contributed by atoms with van der Waals surface area (Å²) in [6.45, 7) is -2.05. The van der Waals surface area contributed by atoms with Crippen molar-refractivity contribution in [1.29, 1.82) is 0 Å². The number of carbonyl (C=O) groups is 1. The van der Waals surface area contributed by atoms with Crippen LogP contribution in [0.3, 0.4) is 0 Å². The number of hydrogen-bond donors (Lipinski definition) is 1. The fourth-order valence-corrected chi connectivity index (χ4v) is 2.77. The van der Waals surface area contributed by atoms with Gasteiger partial charge in [0.15, 0.2) is 11.5 Å². The third kappa shape index (κ3) is 5.30. The number of hydrogen-bond acceptors (Lipinski definition) is 5. The van der Waals surface area contributed by atoms with Crippen molar-refractivity contribution < 1.29 is 27.8 Å². The van der Waals surface area contributed by atoms with E-state index < -0.39 is 6.61 Å². The minimum Gasteiger partial charge on any atom is -0.486 e. The maximum Gasteiger partial charge on any atom is 0.387 e. The molecule has 2 aromatic rings. The molecule has 0 aliphatic carbocycles. The summed E-state index contributed by atoms with van der Waals surface area (Å²) in [6, 6.07) is 13.5. The molecule has 0 unspecified atom stereocenters. The molecule has 1 atom stereocenters. The van der Waals surface area contributed by atoms with Crippen molar-refractivity contribution in [1.82, 2.24) is 4.90 Å². The van der Waals surface area contributed by atoms with E-state index in [1.807, 2.05) is 24.3 Å². The van der Waals surface area contributed by atoms with Crippen molar-refractivity contribution in [3.05, 3.63) is 48.5 Å². The maximum absolute atomic E-state index is 12.4. The van der Waals surface area contributed by atoms with E-state index in [0.717, 1.165) is 0 Å². The van der Waals surface area contributed by atoms with Gasteiger partial charge in [0.1, 0.15) is 18.5 Å². The standard InChI is InChI=1S/C19H20F2N2O4/c1-23(10-13-12-25-16-8-4-5-9-17(16)26-13)11-18(24)22-14-6-2-3-7-15(14)27-19(20)21/h2-9,13,19H,10-12H2,1H3,(H,22,24)/t13-/m1/s1. The van der Waals surface area contributed by atoms with Crippen molar-refractivity contribution in [2.24, 2.45) is 0 Å². The molecular formula is C19H20F2N2O4. The molecule has 2 aromatic carbocycles. The zero-order valence-electron chi connectivity index (χ0n) is 14.7. The zero-order valence-corrected chi connectivity index (χ0v) is 14.7. The van der Waals surface area contributed by atoms with Gasteiger partial charge in [-0.15, -0.1) is 0 Å². The quantitative estimate of drug-likeness (QED) is 0.803. The molecule has 3 rings (SSSR count). The topological polar surface area (TPSA) is 60.0 Å². The van der Waals surface area contributed by atoms with Gasteiger partial charge in [-0.3, -0.25) is 9.69 Å². The summed E-state index contributed by atoms with van der Waals surface area (Å²) in [5, 5.41) is 2.59. The van der Waals surface area contributed by atoms with E-state index in [0.29, 0.717) is 24.7 Å². The van der Waals surface area contributed by atoms with Crippen LogP contribution in [0.2, 0.25) is 0 Å². The fourth-order valence-electron chi connectivity index (χ4n) is 2.77. The summed E-state index contributed by atoms with van der Waals surface area (Å²) in [4.78, 5) is 14.0. The molecule has 0 bridgehead atoms. The Morgan fingerprint density at radius 2 is 1.93 bits per heavy atom. The zero-order chi connectivity index (χ0) is 19.2. The Balaban J connectivity index is 1.51. The first kappa shape index (κ1) is 18.9. The average Bonchev–Trinajstić information content (AvgIpc) is 2.62. The molecule has 8 heteroatoms. The van der Waals surface area contributed by atoms with Crippen molar-refractivity contribution in [2.45, 2.75) is 12.7 Å². The Hall–Kier alpha value is -2.87. The van der Waals surface area contributed by atoms with Gasteiger partial charge in [0.05, 0.1) is 12.2 Å². The summed E-state index contributed by atoms with van der Waals surface area (Å²) in [5.41, 5.74) is 0.197. The second-order valence-corrected chi connectivity index (χ2v) is 6.12. The van der Waals surface area contributed by atoms with Crippen LogP contribution in [-0.4, -0.2) is 50.3 Å². The van der Waals surface area contributed by atoms with Crippen molar-refractivity contribution >= 4 is 11.6 Å². The SMILES string of the molecule is CN(CC(=O)Nc1ccccc1OC(F)F)C[C@@H]1COc2ccccc2O1. The highest BCUT2D eigenvalue weighted by Gasteiger charge is 2.23. The van der Waals surface area contributed by atoms with E-state index in [-0.39, 0.29) is 30.0 Å². The lowest BCUT2D eigenvalue weighted by atomic mass is 10.2. The largest absolute Gasteiger partial charge is 0.486 e. The molecule has 1 aliphatic rings. The van der Waals surface area contributed by atoms with Crippen LogP contribution in [0, 0.1) is 0 Å². The number of carbonyl (C=O) groups excluding carboxylic acids is 1. The molecule has 1 heterocycles. The van der Waals surface area contributed by atoms with Gasteiger partial charge < -0.3 is 19.5 Å². The molecule has 0 spiro atoms. The van der Waals surface area contributed by atoms with Crippen LogP contribution in [0.25, 0.3) is 0 Å². The highest BCUT2D eigenvalue weighted by atomic mass is 19.3. The Labute approximate surface area is 155 Å². The molecule has 6 nitrogen and oxygen atoms in total. The predicted octanol–water partition coefficient (Wildman–Crippen LogP) is 3.00. The van der Waals surface area contributed by atoms with E-state index >= 15 is 0 Å². The lowest BCUT2D eigenvalue weighted by molar-refractivity contribution is -0.117. The van der Waals surface area contributed by atoms with Crippen LogP contribution in [0.4, 0.5) is 14.5 Å². The van der Waals surface area contributed by atoms with Crippen LogP contribution in [0.1, 0.15) is 0 Å². The monoisotopic (exact) mass is 378 g/mol. The third-order valence-electron chi connectivity index (χ3n) is 3.87. The Morgan fingerprint density at radius 1 is 1.22 bits per heavy atom. The summed E-state index contributed by atoms with van der Waals surface area (Å²) in [5.74, 6) is 0.943. The molecule has 1 aliphatic heterocycles. The Bertz CT molecular complexity index is 788. The molecule has 0 aromatic heterocycles. The van der Waals surface area contributed by atoms with Gasteiger partial charge >= 0.3 is 6.61 Å². The Morgan fingerprint density at radius 3 is 2.70 bits per heavy atom. The van der Waals surface area contributed by atoms with E-state index in [2.05, 4.69) is 10.1 Å². The minimum absolute atomic E-state index is 0.0600. The van der Waals surface area contributed by atoms with E-state index in [4.69, 9.17) is 9.47 Å². The fraction of sp³-hybridized carbons (Fsp3) is 0.316. The van der Waals surface area contributed by atoms with Crippen LogP contribution >= 0.6 is 0 Å². The van der Waals surface area contributed by atoms with Gasteiger partial charge in [-0.2, -0.15) is 8.78 Å². The van der Waals surface area contributed by atoms with Gasteiger partial charge in [-0.25, -0.2) is 0 Å². The second kappa shape index (κ2) is 8.68. The van der Waals surface area contributed by atoms with Gasteiger partial charge in [0.2, 0.25) is 5.91 Å². The molecule has 27 heavy (non-hydrogen) atoms. The number of ether oxygens (including phenoxy) is 3. The number of anilines is 1. The summed E-state index contributed by atoms with van der Waals surface area (Å²) in [7, 11) is 1.77. The molecule has 0 fully saturated rings. The number of nitrogens with one attached hydrogen (secondary N) is 1. The first-order chi connectivity index (χ1) is 13.0. The summed E-state index contributed by atoms with van der Waals surface area (Å²) < 4.78 is 40.8. The number of fused-ring (bicyclic) bond motifs is 1. The number of halogens is 2. The molecule has 0 saturated carbocycles. The van der Waals surface area contributed by atoms with Crippen LogP contribution in [0.5, 0.6) is 17.2 Å². The number of likely N-dealkylation sites (N-methyl/N-ethyl adjacent to an activating group) is 1. The smallest absolute Gasteiger partial charge is 0.387 e. The number of rotatable bonds is 7. The van der Waals surface area contributed by atoms with Crippen LogP contribution in [-0.2, 0) is 4.79 Å². The Kier molecular flexibility index (Phi) is 6.08. The normalized spacial score (nSPS) is 15.7. The molecule has 1 amide bonds. The van der Waals surface area contributed by atoms with Gasteiger partial charge in [-0.1, -0.05) is 24.3 Å². The van der Waals surface area contributed by atoms with Crippen molar-refractivity contribution in [3.63, 3.8) is 0 Å². The second-order valence-electron chi connectivity index (χ2n) is 6.12. The highest BCUT2D eigenvalue weighted by Crippen LogP contribution is 2.31. The molecular weight excluding hydrogens is 358 g/mol. The first-order valence-corrected chi connectivity index (χ1v) is 8.42. The third-order valence-corrected chi connectivity index (χ3v) is 3.87. The van der Waals surface area contributed by atoms with Gasteiger partial charge in [0.25, 0.3) is 0 Å². The molecule has 0 saturated heterocycles. The molecule has 144 valence electrons. The first-order valence-electron chi connectivity index (χ1n) is 8.42. The number of benzene rings is 2. The van der Waals surface area contributed by atoms with E-state index in [1.54, 1.807) is 24.1 Å².